The first-order valence-corrected chi connectivity index (χ1v) is 11.2. The van der Waals surface area contributed by atoms with Gasteiger partial charge in [-0.15, -0.1) is 0 Å². The molecule has 4 aromatic rings. The van der Waals surface area contributed by atoms with Gasteiger partial charge in [-0.3, -0.25) is 4.79 Å². The zero-order chi connectivity index (χ0) is 23.5. The van der Waals surface area contributed by atoms with Gasteiger partial charge in [0.15, 0.2) is 0 Å². The van der Waals surface area contributed by atoms with Crippen molar-refractivity contribution < 1.29 is 14.3 Å². The highest BCUT2D eigenvalue weighted by molar-refractivity contribution is 6.30. The van der Waals surface area contributed by atoms with Crippen LogP contribution < -0.4 is 5.32 Å². The third kappa shape index (κ3) is 4.78. The number of carbonyl (C=O) groups excluding carboxylic acids is 2. The van der Waals surface area contributed by atoms with E-state index in [0.717, 1.165) is 39.3 Å². The number of halogens is 1. The molecule has 6 heteroatoms. The molecule has 0 saturated heterocycles. The first kappa shape index (κ1) is 22.6. The van der Waals surface area contributed by atoms with E-state index in [-0.39, 0.29) is 11.9 Å². The van der Waals surface area contributed by atoms with Crippen molar-refractivity contribution in [3.05, 3.63) is 99.7 Å². The fraction of sp³-hybridized carbons (Fsp3) is 0.185. The van der Waals surface area contributed by atoms with Gasteiger partial charge in [-0.05, 0) is 86.5 Å². The maximum atomic E-state index is 12.9. The number of nitrogens with zero attached hydrogens (tertiary/aromatic N) is 1. The molecule has 0 aliphatic rings. The third-order valence-electron chi connectivity index (χ3n) is 5.81. The minimum absolute atomic E-state index is 0.205. The van der Waals surface area contributed by atoms with Crippen molar-refractivity contribution in [1.82, 2.24) is 4.57 Å². The van der Waals surface area contributed by atoms with Crippen molar-refractivity contribution in [2.24, 2.45) is 0 Å². The van der Waals surface area contributed by atoms with Crippen LogP contribution in [0.2, 0.25) is 5.02 Å². The van der Waals surface area contributed by atoms with Gasteiger partial charge in [0, 0.05) is 39.4 Å². The fourth-order valence-corrected chi connectivity index (χ4v) is 4.00. The molecule has 0 bridgehead atoms. The first-order chi connectivity index (χ1) is 15.9. The topological polar surface area (TPSA) is 60.3 Å². The van der Waals surface area contributed by atoms with Gasteiger partial charge in [-0.2, -0.15) is 0 Å². The second-order valence-electron chi connectivity index (χ2n) is 7.91. The lowest BCUT2D eigenvalue weighted by Gasteiger charge is -2.10. The number of fused-ring (bicyclic) bond motifs is 1. The van der Waals surface area contributed by atoms with Crippen LogP contribution in [0.5, 0.6) is 0 Å². The minimum atomic E-state index is -0.380. The lowest BCUT2D eigenvalue weighted by atomic mass is 10.1. The van der Waals surface area contributed by atoms with Gasteiger partial charge in [0.25, 0.3) is 5.91 Å². The molecule has 168 valence electrons. The Morgan fingerprint density at radius 3 is 2.27 bits per heavy atom. The molecule has 5 nitrogen and oxygen atoms in total. The van der Waals surface area contributed by atoms with Crippen LogP contribution in [0.4, 0.5) is 5.69 Å². The number of hydrogen-bond donors (Lipinski definition) is 1. The lowest BCUT2D eigenvalue weighted by Crippen LogP contribution is -2.12. The Kier molecular flexibility index (Phi) is 6.52. The summed E-state index contributed by atoms with van der Waals surface area (Å²) < 4.78 is 7.24. The van der Waals surface area contributed by atoms with Crippen LogP contribution in [0.3, 0.4) is 0 Å². The molecule has 1 heterocycles. The number of carbonyl (C=O) groups is 2. The van der Waals surface area contributed by atoms with Gasteiger partial charge >= 0.3 is 5.97 Å². The summed E-state index contributed by atoms with van der Waals surface area (Å²) in [5.41, 5.74) is 6.18. The van der Waals surface area contributed by atoms with E-state index >= 15 is 0 Å². The molecular weight excluding hydrogens is 436 g/mol. The maximum absolute atomic E-state index is 12.9. The molecular formula is C27H25ClN2O3. The number of rotatable bonds is 6. The summed E-state index contributed by atoms with van der Waals surface area (Å²) in [4.78, 5) is 24.7. The van der Waals surface area contributed by atoms with Crippen LogP contribution >= 0.6 is 11.6 Å². The smallest absolute Gasteiger partial charge is 0.338 e. The van der Waals surface area contributed by atoms with Gasteiger partial charge in [-0.25, -0.2) is 4.79 Å². The van der Waals surface area contributed by atoms with Crippen LogP contribution in [0.25, 0.3) is 10.9 Å². The number of aromatic nitrogens is 1. The number of amides is 1. The molecule has 0 aliphatic heterocycles. The highest BCUT2D eigenvalue weighted by Crippen LogP contribution is 2.28. The Bertz CT molecular complexity index is 1320. The van der Waals surface area contributed by atoms with Crippen molar-refractivity contribution in [2.45, 2.75) is 27.3 Å². The van der Waals surface area contributed by atoms with E-state index in [1.807, 2.05) is 42.5 Å². The zero-order valence-electron chi connectivity index (χ0n) is 18.8. The molecule has 0 atom stereocenters. The summed E-state index contributed by atoms with van der Waals surface area (Å²) in [7, 11) is 0. The van der Waals surface area contributed by atoms with Crippen molar-refractivity contribution in [3.8, 4) is 0 Å². The SMILES string of the molecule is CCOC(=O)c1ccc(NC(=O)c2ccc3c(c2)c(C)c(C)n3Cc2ccc(Cl)cc2)cc1. The summed E-state index contributed by atoms with van der Waals surface area (Å²) in [5.74, 6) is -0.585. The highest BCUT2D eigenvalue weighted by Gasteiger charge is 2.15. The van der Waals surface area contributed by atoms with Gasteiger partial charge < -0.3 is 14.6 Å². The summed E-state index contributed by atoms with van der Waals surface area (Å²) in [6.45, 7) is 6.98. The molecule has 1 N–H and O–H groups in total. The van der Waals surface area contributed by atoms with E-state index < -0.39 is 0 Å². The third-order valence-corrected chi connectivity index (χ3v) is 6.06. The first-order valence-electron chi connectivity index (χ1n) is 10.8. The van der Waals surface area contributed by atoms with E-state index in [9.17, 15) is 9.59 Å². The lowest BCUT2D eigenvalue weighted by molar-refractivity contribution is 0.0526. The largest absolute Gasteiger partial charge is 0.462 e. The van der Waals surface area contributed by atoms with Crippen LogP contribution in [-0.4, -0.2) is 23.1 Å². The Morgan fingerprint density at radius 2 is 1.61 bits per heavy atom. The molecule has 4 rings (SSSR count). The van der Waals surface area contributed by atoms with Gasteiger partial charge in [0.2, 0.25) is 0 Å². The summed E-state index contributed by atoms with van der Waals surface area (Å²) in [6, 6.07) is 20.3. The Hall–Kier alpha value is -3.57. The second kappa shape index (κ2) is 9.51. The van der Waals surface area contributed by atoms with E-state index in [1.165, 1.54) is 0 Å². The molecule has 0 radical (unpaired) electrons. The summed E-state index contributed by atoms with van der Waals surface area (Å²) in [6.07, 6.45) is 0. The molecule has 0 aliphatic carbocycles. The van der Waals surface area contributed by atoms with E-state index in [2.05, 4.69) is 23.7 Å². The van der Waals surface area contributed by atoms with Crippen LogP contribution in [0.15, 0.2) is 66.7 Å². The quantitative estimate of drug-likeness (QED) is 0.339. The Balaban J connectivity index is 1.56. The van der Waals surface area contributed by atoms with Gasteiger partial charge in [0.05, 0.1) is 12.2 Å². The molecule has 0 fully saturated rings. The average Bonchev–Trinajstić information content (AvgIpc) is 3.05. The molecule has 33 heavy (non-hydrogen) atoms. The number of benzene rings is 3. The van der Waals surface area contributed by atoms with E-state index in [0.29, 0.717) is 23.4 Å². The maximum Gasteiger partial charge on any atom is 0.338 e. The molecule has 1 aromatic heterocycles. The Morgan fingerprint density at radius 1 is 0.939 bits per heavy atom. The predicted molar refractivity (Wildman–Crippen MR) is 132 cm³/mol. The number of nitrogens with one attached hydrogen (secondary N) is 1. The van der Waals surface area contributed by atoms with Gasteiger partial charge in [-0.1, -0.05) is 23.7 Å². The van der Waals surface area contributed by atoms with Crippen molar-refractivity contribution in [2.75, 3.05) is 11.9 Å². The van der Waals surface area contributed by atoms with Crippen LogP contribution in [0, 0.1) is 13.8 Å². The highest BCUT2D eigenvalue weighted by atomic mass is 35.5. The number of esters is 1. The monoisotopic (exact) mass is 460 g/mol. The number of aryl methyl sites for hydroxylation is 1. The number of hydrogen-bond acceptors (Lipinski definition) is 3. The Labute approximate surface area is 197 Å². The summed E-state index contributed by atoms with van der Waals surface area (Å²) in [5, 5.41) is 4.66. The normalized spacial score (nSPS) is 10.9. The van der Waals surface area contributed by atoms with Crippen molar-refractivity contribution in [1.29, 1.82) is 0 Å². The molecule has 0 unspecified atom stereocenters. The zero-order valence-corrected chi connectivity index (χ0v) is 19.6. The molecule has 1 amide bonds. The minimum Gasteiger partial charge on any atom is -0.462 e. The number of anilines is 1. The molecule has 0 spiro atoms. The molecule has 0 saturated carbocycles. The number of ether oxygens (including phenoxy) is 1. The molecule has 3 aromatic carbocycles. The van der Waals surface area contributed by atoms with Crippen LogP contribution in [-0.2, 0) is 11.3 Å². The second-order valence-corrected chi connectivity index (χ2v) is 8.34. The standard InChI is InChI=1S/C27H25ClN2O3/c1-4-33-27(32)20-7-12-23(13-8-20)29-26(31)21-9-14-25-24(15-21)17(2)18(3)30(25)16-19-5-10-22(28)11-6-19/h5-15H,4,16H2,1-3H3,(H,29,31). The van der Waals surface area contributed by atoms with E-state index in [4.69, 9.17) is 16.3 Å². The fourth-order valence-electron chi connectivity index (χ4n) is 3.87. The van der Waals surface area contributed by atoms with E-state index in [1.54, 1.807) is 31.2 Å². The van der Waals surface area contributed by atoms with Crippen molar-refractivity contribution >= 4 is 40.1 Å². The van der Waals surface area contributed by atoms with Crippen molar-refractivity contribution in [3.63, 3.8) is 0 Å². The average molecular weight is 461 g/mol. The predicted octanol–water partition coefficient (Wildman–Crippen LogP) is 6.39. The summed E-state index contributed by atoms with van der Waals surface area (Å²) >= 11 is 6.02. The van der Waals surface area contributed by atoms with Crippen LogP contribution in [0.1, 0.15) is 44.5 Å². The van der Waals surface area contributed by atoms with Gasteiger partial charge in [0.1, 0.15) is 0 Å².